The fraction of sp³-hybridized carbons (Fsp3) is 0.115. The number of amides is 1. The van der Waals surface area contributed by atoms with Gasteiger partial charge in [-0.15, -0.1) is 0 Å². The number of fused-ring (bicyclic) bond motifs is 3. The minimum atomic E-state index is -0.650. The van der Waals surface area contributed by atoms with Gasteiger partial charge in [-0.3, -0.25) is 14.4 Å². The molecule has 1 amide bonds. The lowest BCUT2D eigenvalue weighted by Crippen LogP contribution is -2.22. The van der Waals surface area contributed by atoms with E-state index in [1.54, 1.807) is 24.3 Å². The molecule has 2 heterocycles. The Morgan fingerprint density at radius 3 is 2.56 bits per heavy atom. The Morgan fingerprint density at radius 1 is 1.00 bits per heavy atom. The van der Waals surface area contributed by atoms with Gasteiger partial charge in [0.15, 0.2) is 23.5 Å². The molecule has 1 aromatic heterocycles. The molecule has 1 aliphatic rings. The van der Waals surface area contributed by atoms with Crippen LogP contribution in [0, 0.1) is 0 Å². The highest BCUT2D eigenvalue weighted by Crippen LogP contribution is 2.46. The molecule has 0 spiro atoms. The smallest absolute Gasteiger partial charge is 0.312 e. The van der Waals surface area contributed by atoms with Crippen LogP contribution in [0.2, 0.25) is 0 Å². The Morgan fingerprint density at radius 2 is 1.81 bits per heavy atom. The second kappa shape index (κ2) is 8.66. The van der Waals surface area contributed by atoms with E-state index in [1.807, 2.05) is 0 Å². The summed E-state index contributed by atoms with van der Waals surface area (Å²) in [7, 11) is 0. The molecule has 0 bridgehead atoms. The minimum Gasteiger partial charge on any atom is -0.507 e. The first-order valence-electron chi connectivity index (χ1n) is 10.8. The fourth-order valence-corrected chi connectivity index (χ4v) is 4.24. The summed E-state index contributed by atoms with van der Waals surface area (Å²) in [6.45, 7) is -0.332. The highest BCUT2D eigenvalue weighted by atomic mass is 16.5. The number of hydrogen-bond donors (Lipinski definition) is 4. The maximum Gasteiger partial charge on any atom is 0.312 e. The summed E-state index contributed by atoms with van der Waals surface area (Å²) < 4.78 is 16.8. The van der Waals surface area contributed by atoms with Crippen molar-refractivity contribution in [3.05, 3.63) is 75.9 Å². The molecule has 36 heavy (non-hydrogen) atoms. The molecule has 0 fully saturated rings. The summed E-state index contributed by atoms with van der Waals surface area (Å²) in [4.78, 5) is 36.6. The molecule has 1 atom stereocenters. The van der Waals surface area contributed by atoms with E-state index in [0.717, 1.165) is 6.07 Å². The second-order valence-corrected chi connectivity index (χ2v) is 8.25. The van der Waals surface area contributed by atoms with E-state index in [0.29, 0.717) is 22.4 Å². The quantitative estimate of drug-likeness (QED) is 0.187. The highest BCUT2D eigenvalue weighted by molar-refractivity contribution is 5.93. The molecule has 5 rings (SSSR count). The first kappa shape index (κ1) is 22.8. The van der Waals surface area contributed by atoms with Crippen LogP contribution in [0.5, 0.6) is 28.7 Å². The first-order chi connectivity index (χ1) is 17.2. The number of esters is 1. The summed E-state index contributed by atoms with van der Waals surface area (Å²) in [6.07, 6.45) is -0.0971. The number of nitrogens with two attached hydrogens (primary N) is 1. The van der Waals surface area contributed by atoms with Gasteiger partial charge in [0, 0.05) is 29.2 Å². The first-order valence-corrected chi connectivity index (χ1v) is 10.8. The number of carbonyl (C=O) groups excluding carboxylic acids is 2. The number of primary amides is 1. The van der Waals surface area contributed by atoms with Gasteiger partial charge in [0.2, 0.25) is 0 Å². The van der Waals surface area contributed by atoms with E-state index >= 15 is 0 Å². The average Bonchev–Trinajstić information content (AvgIpc) is 2.83. The molecule has 0 radical (unpaired) electrons. The van der Waals surface area contributed by atoms with Crippen LogP contribution in [0.3, 0.4) is 0 Å². The molecule has 3 aromatic carbocycles. The lowest BCUT2D eigenvalue weighted by molar-refractivity contribution is -0.135. The van der Waals surface area contributed by atoms with Crippen molar-refractivity contribution in [1.82, 2.24) is 0 Å². The third-order valence-electron chi connectivity index (χ3n) is 5.83. The van der Waals surface area contributed by atoms with Gasteiger partial charge in [0.1, 0.15) is 34.0 Å². The van der Waals surface area contributed by atoms with Gasteiger partial charge >= 0.3 is 5.97 Å². The third-order valence-corrected chi connectivity index (χ3v) is 5.83. The molecule has 5 N–H and O–H groups in total. The van der Waals surface area contributed by atoms with Gasteiger partial charge in [-0.25, -0.2) is 0 Å². The fourth-order valence-electron chi connectivity index (χ4n) is 4.24. The van der Waals surface area contributed by atoms with Gasteiger partial charge in [-0.05, 0) is 35.9 Å². The van der Waals surface area contributed by atoms with E-state index in [-0.39, 0.29) is 41.3 Å². The standard InChI is InChI=1S/C26H19NO9/c27-22(32)11-34-14-3-1-2-12(6-14)15-8-23(33)35-21-10-19(31)25-18(30)9-20(36-26(25)24(15)21)13-4-5-16(28)17(29)7-13/h1-7,9-10,15,28-29,31H,8,11H2,(H2,27,32)/t15-/m1/s1. The van der Waals surface area contributed by atoms with Crippen molar-refractivity contribution < 1.29 is 38.8 Å². The van der Waals surface area contributed by atoms with Crippen LogP contribution in [0.15, 0.2) is 63.8 Å². The number of benzene rings is 3. The van der Waals surface area contributed by atoms with Crippen LogP contribution >= 0.6 is 0 Å². The molecular formula is C26H19NO9. The van der Waals surface area contributed by atoms with E-state index in [2.05, 4.69) is 0 Å². The molecule has 10 nitrogen and oxygen atoms in total. The second-order valence-electron chi connectivity index (χ2n) is 8.25. The summed E-state index contributed by atoms with van der Waals surface area (Å²) in [6, 6.07) is 12.9. The van der Waals surface area contributed by atoms with Crippen LogP contribution in [0.4, 0.5) is 0 Å². The summed E-state index contributed by atoms with van der Waals surface area (Å²) >= 11 is 0. The van der Waals surface area contributed by atoms with E-state index in [1.165, 1.54) is 24.3 Å². The Hall–Kier alpha value is -4.99. The topological polar surface area (TPSA) is 170 Å². The van der Waals surface area contributed by atoms with Crippen LogP contribution in [-0.4, -0.2) is 33.8 Å². The Labute approximate surface area is 202 Å². The number of aromatic hydroxyl groups is 3. The van der Waals surface area contributed by atoms with Crippen molar-refractivity contribution in [2.24, 2.45) is 5.73 Å². The monoisotopic (exact) mass is 489 g/mol. The molecule has 0 unspecified atom stereocenters. The van der Waals surface area contributed by atoms with Crippen LogP contribution in [0.1, 0.15) is 23.5 Å². The van der Waals surface area contributed by atoms with Crippen molar-refractivity contribution >= 4 is 22.8 Å². The number of carbonyl (C=O) groups is 2. The third kappa shape index (κ3) is 4.05. The van der Waals surface area contributed by atoms with Gasteiger partial charge < -0.3 is 34.9 Å². The minimum absolute atomic E-state index is 0.000946. The number of hydrogen-bond acceptors (Lipinski definition) is 9. The number of phenols is 3. The van der Waals surface area contributed by atoms with E-state index in [9.17, 15) is 29.7 Å². The normalized spacial score (nSPS) is 14.8. The number of ether oxygens (including phenoxy) is 2. The molecule has 1 aliphatic heterocycles. The van der Waals surface area contributed by atoms with Gasteiger partial charge in [-0.2, -0.15) is 0 Å². The molecular weight excluding hydrogens is 470 g/mol. The van der Waals surface area contributed by atoms with Crippen molar-refractivity contribution in [2.45, 2.75) is 12.3 Å². The predicted molar refractivity (Wildman–Crippen MR) is 126 cm³/mol. The SMILES string of the molecule is NC(=O)COc1cccc([C@H]2CC(=O)Oc3cc(O)c4c(=O)cc(-c5ccc(O)c(O)c5)oc4c32)c1. The maximum atomic E-state index is 13.0. The van der Waals surface area contributed by atoms with Crippen molar-refractivity contribution in [3.8, 4) is 40.1 Å². The zero-order valence-electron chi connectivity index (χ0n) is 18.6. The van der Waals surface area contributed by atoms with Gasteiger partial charge in [0.25, 0.3) is 5.91 Å². The predicted octanol–water partition coefficient (Wildman–Crippen LogP) is 2.88. The molecule has 182 valence electrons. The molecule has 4 aromatic rings. The van der Waals surface area contributed by atoms with Crippen LogP contribution in [0.25, 0.3) is 22.3 Å². The molecule has 0 saturated heterocycles. The lowest BCUT2D eigenvalue weighted by atomic mass is 9.85. The zero-order valence-corrected chi connectivity index (χ0v) is 18.6. The summed E-state index contributed by atoms with van der Waals surface area (Å²) in [5.74, 6) is -2.60. The average molecular weight is 489 g/mol. The highest BCUT2D eigenvalue weighted by Gasteiger charge is 2.34. The van der Waals surface area contributed by atoms with Gasteiger partial charge in [-0.1, -0.05) is 12.1 Å². The van der Waals surface area contributed by atoms with Crippen molar-refractivity contribution in [3.63, 3.8) is 0 Å². The number of phenolic OH excluding ortho intramolecular Hbond substituents is 3. The Kier molecular flexibility index (Phi) is 5.48. The number of rotatable bonds is 5. The largest absolute Gasteiger partial charge is 0.507 e. The summed E-state index contributed by atoms with van der Waals surface area (Å²) in [5.41, 5.74) is 5.86. The zero-order chi connectivity index (χ0) is 25.6. The van der Waals surface area contributed by atoms with E-state index in [4.69, 9.17) is 19.6 Å². The van der Waals surface area contributed by atoms with Crippen molar-refractivity contribution in [2.75, 3.05) is 6.61 Å². The van der Waals surface area contributed by atoms with Crippen LogP contribution in [-0.2, 0) is 9.59 Å². The lowest BCUT2D eigenvalue weighted by Gasteiger charge is -2.26. The Bertz CT molecular complexity index is 1610. The summed E-state index contributed by atoms with van der Waals surface area (Å²) in [5, 5.41) is 30.0. The van der Waals surface area contributed by atoms with Gasteiger partial charge in [0.05, 0.1) is 6.42 Å². The molecule has 0 saturated carbocycles. The maximum absolute atomic E-state index is 13.0. The molecule has 10 heteroatoms. The van der Waals surface area contributed by atoms with Crippen molar-refractivity contribution in [1.29, 1.82) is 0 Å². The Balaban J connectivity index is 1.73. The van der Waals surface area contributed by atoms with E-state index < -0.39 is 34.7 Å². The van der Waals surface area contributed by atoms with Crippen LogP contribution < -0.4 is 20.6 Å². The molecule has 0 aliphatic carbocycles.